The number of halogens is 1. The Morgan fingerprint density at radius 2 is 1.61 bits per heavy atom. The molecule has 2 fully saturated rings. The summed E-state index contributed by atoms with van der Waals surface area (Å²) in [7, 11) is 2.62. The van der Waals surface area contributed by atoms with Crippen molar-refractivity contribution in [1.29, 1.82) is 0 Å². The van der Waals surface area contributed by atoms with Crippen LogP contribution < -0.4 is 4.90 Å². The molecule has 31 heavy (non-hydrogen) atoms. The summed E-state index contributed by atoms with van der Waals surface area (Å²) in [5, 5.41) is 0.661. The fourth-order valence-corrected chi connectivity index (χ4v) is 6.61. The van der Waals surface area contributed by atoms with E-state index in [0.29, 0.717) is 28.7 Å². The number of benzene rings is 2. The predicted molar refractivity (Wildman–Crippen MR) is 118 cm³/mol. The van der Waals surface area contributed by atoms with Gasteiger partial charge in [0, 0.05) is 10.7 Å². The Kier molecular flexibility index (Phi) is 5.17. The Hall–Kier alpha value is -2.53. The normalized spacial score (nSPS) is 28.3. The zero-order valence-electron chi connectivity index (χ0n) is 17.7. The summed E-state index contributed by atoms with van der Waals surface area (Å²) in [4.78, 5) is 27.8. The third-order valence-electron chi connectivity index (χ3n) is 7.56. The predicted octanol–water partition coefficient (Wildman–Crippen LogP) is 4.75. The molecule has 1 heterocycles. The van der Waals surface area contributed by atoms with Crippen LogP contribution in [-0.4, -0.2) is 32.2 Å². The molecule has 2 saturated carbocycles. The van der Waals surface area contributed by atoms with Crippen molar-refractivity contribution in [2.45, 2.75) is 37.3 Å². The molecule has 0 aromatic heterocycles. The van der Waals surface area contributed by atoms with Gasteiger partial charge in [-0.1, -0.05) is 41.9 Å². The Balaban J connectivity index is 1.74. The van der Waals surface area contributed by atoms with E-state index in [1.165, 1.54) is 39.0 Å². The van der Waals surface area contributed by atoms with Crippen LogP contribution in [0.15, 0.2) is 48.5 Å². The van der Waals surface area contributed by atoms with Crippen LogP contribution in [0.5, 0.6) is 0 Å². The highest BCUT2D eigenvalue weighted by Gasteiger charge is 2.58. The van der Waals surface area contributed by atoms with Gasteiger partial charge in [-0.3, -0.25) is 0 Å². The van der Waals surface area contributed by atoms with Crippen LogP contribution >= 0.6 is 11.6 Å². The lowest BCUT2D eigenvalue weighted by molar-refractivity contribution is -0.154. The number of para-hydroxylation sites is 1. The number of methoxy groups -OCH3 is 2. The van der Waals surface area contributed by atoms with E-state index in [0.717, 1.165) is 11.3 Å². The van der Waals surface area contributed by atoms with E-state index >= 15 is 0 Å². The van der Waals surface area contributed by atoms with Crippen LogP contribution in [0.1, 0.15) is 42.3 Å². The summed E-state index contributed by atoms with van der Waals surface area (Å²) in [5.74, 6) is 0.712. The highest BCUT2D eigenvalue weighted by atomic mass is 35.5. The minimum atomic E-state index is -1.17. The third kappa shape index (κ3) is 3.13. The standard InChI is InChI=1S/C25H26ClNO4/c1-30-24(28)23(25(29)31-2)27-19-6-4-3-5-18(19)20-15-7-8-16(13-15)21(20)22(27)14-9-11-17(26)12-10-14/h3-6,9-12,15-16,20-23H,7-8,13H2,1-2H3. The van der Waals surface area contributed by atoms with Gasteiger partial charge in [0.25, 0.3) is 0 Å². The second kappa shape index (κ2) is 7.86. The van der Waals surface area contributed by atoms with Crippen molar-refractivity contribution in [1.82, 2.24) is 0 Å². The van der Waals surface area contributed by atoms with Crippen LogP contribution in [0.2, 0.25) is 5.02 Å². The highest BCUT2D eigenvalue weighted by molar-refractivity contribution is 6.30. The lowest BCUT2D eigenvalue weighted by Crippen LogP contribution is -2.55. The number of nitrogens with zero attached hydrogens (tertiary/aromatic N) is 1. The van der Waals surface area contributed by atoms with Gasteiger partial charge >= 0.3 is 11.9 Å². The van der Waals surface area contributed by atoms with Crippen molar-refractivity contribution in [2.24, 2.45) is 17.8 Å². The number of fused-ring (bicyclic) bond motifs is 7. The second-order valence-corrected chi connectivity index (χ2v) is 9.28. The molecule has 2 bridgehead atoms. The summed E-state index contributed by atoms with van der Waals surface area (Å²) in [6.07, 6.45) is 3.63. The molecule has 2 aliphatic carbocycles. The molecule has 2 aromatic carbocycles. The molecule has 5 atom stereocenters. The maximum absolute atomic E-state index is 12.9. The van der Waals surface area contributed by atoms with Crippen LogP contribution in [0.25, 0.3) is 0 Å². The van der Waals surface area contributed by atoms with Crippen molar-refractivity contribution in [3.8, 4) is 0 Å². The zero-order chi connectivity index (χ0) is 21.7. The van der Waals surface area contributed by atoms with Gasteiger partial charge in [-0.25, -0.2) is 9.59 Å². The fraction of sp³-hybridized carbons (Fsp3) is 0.440. The fourth-order valence-electron chi connectivity index (χ4n) is 6.48. The largest absolute Gasteiger partial charge is 0.467 e. The lowest BCUT2D eigenvalue weighted by Gasteiger charge is -2.51. The van der Waals surface area contributed by atoms with E-state index in [4.69, 9.17) is 21.1 Å². The van der Waals surface area contributed by atoms with Gasteiger partial charge in [0.1, 0.15) is 0 Å². The highest BCUT2D eigenvalue weighted by Crippen LogP contribution is 2.65. The molecule has 1 aliphatic heterocycles. The van der Waals surface area contributed by atoms with Crippen molar-refractivity contribution in [2.75, 3.05) is 19.1 Å². The topological polar surface area (TPSA) is 55.8 Å². The van der Waals surface area contributed by atoms with E-state index in [1.807, 2.05) is 47.4 Å². The first kappa shape index (κ1) is 20.4. The summed E-state index contributed by atoms with van der Waals surface area (Å²) < 4.78 is 10.2. The molecule has 2 aromatic rings. The maximum Gasteiger partial charge on any atom is 0.340 e. The minimum absolute atomic E-state index is 0.143. The number of carbonyl (C=O) groups is 2. The van der Waals surface area contributed by atoms with E-state index < -0.39 is 18.0 Å². The van der Waals surface area contributed by atoms with Crippen LogP contribution in [0.3, 0.4) is 0 Å². The van der Waals surface area contributed by atoms with Gasteiger partial charge in [0.2, 0.25) is 6.04 Å². The molecular weight excluding hydrogens is 414 g/mol. The quantitative estimate of drug-likeness (QED) is 0.508. The molecule has 0 amide bonds. The molecule has 0 radical (unpaired) electrons. The first-order valence-corrected chi connectivity index (χ1v) is 11.2. The third-order valence-corrected chi connectivity index (χ3v) is 7.81. The Bertz CT molecular complexity index is 991. The maximum atomic E-state index is 12.9. The van der Waals surface area contributed by atoms with Gasteiger partial charge in [-0.05, 0) is 72.3 Å². The smallest absolute Gasteiger partial charge is 0.340 e. The monoisotopic (exact) mass is 439 g/mol. The number of rotatable bonds is 4. The number of hydrogen-bond donors (Lipinski definition) is 0. The number of anilines is 1. The second-order valence-electron chi connectivity index (χ2n) is 8.85. The average Bonchev–Trinajstić information content (AvgIpc) is 3.42. The molecule has 3 aliphatic rings. The SMILES string of the molecule is COC(=O)C(C(=O)OC)N1c2ccccc2C2C3CCC(C3)C2C1c1ccc(Cl)cc1. The molecule has 0 saturated heterocycles. The van der Waals surface area contributed by atoms with Gasteiger partial charge in [-0.15, -0.1) is 0 Å². The van der Waals surface area contributed by atoms with Gasteiger partial charge in [-0.2, -0.15) is 0 Å². The molecule has 0 N–H and O–H groups in total. The molecule has 5 unspecified atom stereocenters. The van der Waals surface area contributed by atoms with Gasteiger partial charge in [0.15, 0.2) is 0 Å². The Morgan fingerprint density at radius 3 is 2.29 bits per heavy atom. The van der Waals surface area contributed by atoms with Crippen LogP contribution in [-0.2, 0) is 19.1 Å². The van der Waals surface area contributed by atoms with E-state index in [2.05, 4.69) is 6.07 Å². The van der Waals surface area contributed by atoms with Crippen molar-refractivity contribution >= 4 is 29.2 Å². The summed E-state index contributed by atoms with van der Waals surface area (Å²) in [6, 6.07) is 14.7. The Morgan fingerprint density at radius 1 is 0.968 bits per heavy atom. The molecule has 5 nitrogen and oxygen atoms in total. The first-order valence-electron chi connectivity index (χ1n) is 10.8. The number of ether oxygens (including phenoxy) is 2. The molecule has 0 spiro atoms. The lowest BCUT2D eigenvalue weighted by atomic mass is 9.67. The summed E-state index contributed by atoms with van der Waals surface area (Å²) >= 11 is 6.19. The van der Waals surface area contributed by atoms with Gasteiger partial charge < -0.3 is 14.4 Å². The van der Waals surface area contributed by atoms with Crippen molar-refractivity contribution < 1.29 is 19.1 Å². The van der Waals surface area contributed by atoms with E-state index in [9.17, 15) is 9.59 Å². The van der Waals surface area contributed by atoms with Crippen LogP contribution in [0.4, 0.5) is 5.69 Å². The van der Waals surface area contributed by atoms with Gasteiger partial charge in [0.05, 0.1) is 20.3 Å². The molecule has 162 valence electrons. The molecule has 6 heteroatoms. The molecule has 5 rings (SSSR count). The van der Waals surface area contributed by atoms with E-state index in [-0.39, 0.29) is 6.04 Å². The average molecular weight is 440 g/mol. The van der Waals surface area contributed by atoms with Crippen molar-refractivity contribution in [3.63, 3.8) is 0 Å². The summed E-state index contributed by atoms with van der Waals surface area (Å²) in [6.45, 7) is 0. The van der Waals surface area contributed by atoms with Crippen molar-refractivity contribution in [3.05, 3.63) is 64.7 Å². The van der Waals surface area contributed by atoms with E-state index in [1.54, 1.807) is 0 Å². The first-order chi connectivity index (χ1) is 15.0. The number of esters is 2. The number of carbonyl (C=O) groups excluding carboxylic acids is 2. The number of hydrogen-bond acceptors (Lipinski definition) is 5. The zero-order valence-corrected chi connectivity index (χ0v) is 18.4. The summed E-state index contributed by atoms with van der Waals surface area (Å²) in [5.41, 5.74) is 3.19. The molecular formula is C25H26ClNO4. The van der Waals surface area contributed by atoms with Crippen LogP contribution in [0, 0.1) is 17.8 Å². The Labute approximate surface area is 187 Å². The minimum Gasteiger partial charge on any atom is -0.467 e.